The van der Waals surface area contributed by atoms with E-state index in [0.29, 0.717) is 11.5 Å². The van der Waals surface area contributed by atoms with Gasteiger partial charge in [0.25, 0.3) is 5.91 Å². The number of hydrogen-bond acceptors (Lipinski definition) is 2. The summed E-state index contributed by atoms with van der Waals surface area (Å²) in [5.74, 6) is -1.000. The summed E-state index contributed by atoms with van der Waals surface area (Å²) in [4.78, 5) is 22.6. The van der Waals surface area contributed by atoms with Gasteiger partial charge in [0.05, 0.1) is 0 Å². The van der Waals surface area contributed by atoms with E-state index in [1.165, 1.54) is 6.08 Å². The maximum atomic E-state index is 11.8. The van der Waals surface area contributed by atoms with E-state index in [1.807, 2.05) is 12.1 Å². The summed E-state index contributed by atoms with van der Waals surface area (Å²) in [5, 5.41) is 11.2. The summed E-state index contributed by atoms with van der Waals surface area (Å²) in [6, 6.07) is 7.21. The molecule has 0 heterocycles. The van der Waals surface area contributed by atoms with E-state index in [4.69, 9.17) is 5.11 Å². The first-order valence-electron chi connectivity index (χ1n) is 6.24. The Hall–Kier alpha value is -2.10. The largest absolute Gasteiger partial charge is 0.477 e. The summed E-state index contributed by atoms with van der Waals surface area (Å²) in [6.45, 7) is 5.83. The van der Waals surface area contributed by atoms with Gasteiger partial charge in [-0.1, -0.05) is 32.1 Å². The number of carboxylic acid groups (broad SMARTS) is 1. The molecule has 4 heteroatoms. The van der Waals surface area contributed by atoms with Gasteiger partial charge >= 0.3 is 5.97 Å². The molecule has 0 unspecified atom stereocenters. The van der Waals surface area contributed by atoms with E-state index in [1.54, 1.807) is 19.1 Å². The summed E-state index contributed by atoms with van der Waals surface area (Å²) >= 11 is 0. The monoisotopic (exact) mass is 261 g/mol. The van der Waals surface area contributed by atoms with Crippen LogP contribution in [-0.4, -0.2) is 17.0 Å². The van der Waals surface area contributed by atoms with Gasteiger partial charge in [-0.2, -0.15) is 0 Å². The topological polar surface area (TPSA) is 66.4 Å². The van der Waals surface area contributed by atoms with Crippen LogP contribution in [-0.2, 0) is 11.2 Å². The molecule has 2 N–H and O–H groups in total. The molecule has 1 rings (SSSR count). The minimum atomic E-state index is -1.15. The molecule has 0 saturated carbocycles. The third-order valence-electron chi connectivity index (χ3n) is 2.63. The standard InChI is InChI=1S/C15H19NO3/c1-4-13(15(18)19)16-14(17)12-7-5-11(6-8-12)9-10(2)3/h4-8,10H,9H2,1-3H3,(H,16,17)(H,18,19)/b13-4+. The quantitative estimate of drug-likeness (QED) is 0.801. The number of allylic oxidation sites excluding steroid dienone is 1. The normalized spacial score (nSPS) is 11.5. The third kappa shape index (κ3) is 4.58. The van der Waals surface area contributed by atoms with Crippen LogP contribution in [0.3, 0.4) is 0 Å². The predicted molar refractivity (Wildman–Crippen MR) is 73.8 cm³/mol. The number of hydrogen-bond donors (Lipinski definition) is 2. The Labute approximate surface area is 113 Å². The highest BCUT2D eigenvalue weighted by Gasteiger charge is 2.12. The van der Waals surface area contributed by atoms with Gasteiger partial charge in [-0.05, 0) is 37.0 Å². The Kier molecular flexibility index (Phi) is 5.30. The summed E-state index contributed by atoms with van der Waals surface area (Å²) < 4.78 is 0. The second-order valence-corrected chi connectivity index (χ2v) is 4.76. The molecule has 0 fully saturated rings. The lowest BCUT2D eigenvalue weighted by Gasteiger charge is -2.07. The SMILES string of the molecule is C/C=C(/NC(=O)c1ccc(CC(C)C)cc1)C(=O)O. The zero-order valence-electron chi connectivity index (χ0n) is 11.4. The molecule has 0 atom stereocenters. The molecule has 0 spiro atoms. The maximum absolute atomic E-state index is 11.8. The number of carboxylic acids is 1. The fourth-order valence-electron chi connectivity index (χ4n) is 1.71. The molecule has 1 amide bonds. The molecule has 0 radical (unpaired) electrons. The minimum absolute atomic E-state index is 0.115. The van der Waals surface area contributed by atoms with Crippen molar-refractivity contribution in [2.45, 2.75) is 27.2 Å². The van der Waals surface area contributed by atoms with Crippen LogP contribution in [0.1, 0.15) is 36.7 Å². The van der Waals surface area contributed by atoms with Crippen molar-refractivity contribution in [3.05, 3.63) is 47.2 Å². The van der Waals surface area contributed by atoms with Gasteiger partial charge in [0.2, 0.25) is 0 Å². The fraction of sp³-hybridized carbons (Fsp3) is 0.333. The number of amides is 1. The number of benzene rings is 1. The Balaban J connectivity index is 2.75. The predicted octanol–water partition coefficient (Wildman–Crippen LogP) is 2.60. The van der Waals surface area contributed by atoms with Gasteiger partial charge in [-0.15, -0.1) is 0 Å². The van der Waals surface area contributed by atoms with E-state index in [9.17, 15) is 9.59 Å². The molecule has 1 aromatic rings. The zero-order chi connectivity index (χ0) is 14.4. The molecule has 0 saturated heterocycles. The van der Waals surface area contributed by atoms with Crippen LogP contribution >= 0.6 is 0 Å². The highest BCUT2D eigenvalue weighted by molar-refractivity contribution is 6.00. The molecular weight excluding hydrogens is 242 g/mol. The minimum Gasteiger partial charge on any atom is -0.477 e. The van der Waals surface area contributed by atoms with E-state index < -0.39 is 11.9 Å². The lowest BCUT2D eigenvalue weighted by atomic mass is 10.0. The second kappa shape index (κ2) is 6.73. The zero-order valence-corrected chi connectivity index (χ0v) is 11.4. The average Bonchev–Trinajstić information content (AvgIpc) is 2.35. The molecule has 0 aliphatic heterocycles. The number of carbonyl (C=O) groups excluding carboxylic acids is 1. The first-order valence-corrected chi connectivity index (χ1v) is 6.24. The lowest BCUT2D eigenvalue weighted by molar-refractivity contribution is -0.133. The number of nitrogens with one attached hydrogen (secondary N) is 1. The lowest BCUT2D eigenvalue weighted by Crippen LogP contribution is -2.27. The van der Waals surface area contributed by atoms with E-state index in [0.717, 1.165) is 12.0 Å². The number of rotatable bonds is 5. The highest BCUT2D eigenvalue weighted by Crippen LogP contribution is 2.10. The summed E-state index contributed by atoms with van der Waals surface area (Å²) in [7, 11) is 0. The first kappa shape index (κ1) is 15.0. The molecule has 0 aliphatic rings. The van der Waals surface area contributed by atoms with Crippen molar-refractivity contribution in [2.75, 3.05) is 0 Å². The third-order valence-corrected chi connectivity index (χ3v) is 2.63. The van der Waals surface area contributed by atoms with Crippen LogP contribution in [0.5, 0.6) is 0 Å². The van der Waals surface area contributed by atoms with Crippen molar-refractivity contribution >= 4 is 11.9 Å². The summed E-state index contributed by atoms with van der Waals surface area (Å²) in [6.07, 6.45) is 2.31. The Morgan fingerprint density at radius 3 is 2.26 bits per heavy atom. The molecule has 1 aromatic carbocycles. The van der Waals surface area contributed by atoms with Crippen LogP contribution in [0.4, 0.5) is 0 Å². The van der Waals surface area contributed by atoms with Crippen LogP contribution in [0.25, 0.3) is 0 Å². The van der Waals surface area contributed by atoms with Gasteiger partial charge < -0.3 is 10.4 Å². The first-order chi connectivity index (χ1) is 8.93. The van der Waals surface area contributed by atoms with Crippen molar-refractivity contribution in [2.24, 2.45) is 5.92 Å². The Bertz CT molecular complexity index is 487. The van der Waals surface area contributed by atoms with E-state index in [-0.39, 0.29) is 5.70 Å². The van der Waals surface area contributed by atoms with Crippen molar-refractivity contribution in [3.8, 4) is 0 Å². The van der Waals surface area contributed by atoms with E-state index >= 15 is 0 Å². The number of carbonyl (C=O) groups is 2. The summed E-state index contributed by atoms with van der Waals surface area (Å²) in [5.41, 5.74) is 1.50. The van der Waals surface area contributed by atoms with Crippen molar-refractivity contribution in [3.63, 3.8) is 0 Å². The van der Waals surface area contributed by atoms with Gasteiger partial charge in [-0.25, -0.2) is 4.79 Å². The Morgan fingerprint density at radius 1 is 1.26 bits per heavy atom. The molecule has 0 aromatic heterocycles. The molecule has 19 heavy (non-hydrogen) atoms. The van der Waals surface area contributed by atoms with Gasteiger partial charge in [0.1, 0.15) is 5.70 Å². The highest BCUT2D eigenvalue weighted by atomic mass is 16.4. The van der Waals surface area contributed by atoms with Gasteiger partial charge in [0, 0.05) is 5.56 Å². The van der Waals surface area contributed by atoms with Crippen LogP contribution in [0.15, 0.2) is 36.0 Å². The maximum Gasteiger partial charge on any atom is 0.352 e. The number of aliphatic carboxylic acids is 1. The molecule has 4 nitrogen and oxygen atoms in total. The molecule has 0 bridgehead atoms. The van der Waals surface area contributed by atoms with Crippen LogP contribution in [0, 0.1) is 5.92 Å². The van der Waals surface area contributed by atoms with Crippen LogP contribution in [0.2, 0.25) is 0 Å². The molecule has 0 aliphatic carbocycles. The van der Waals surface area contributed by atoms with Crippen molar-refractivity contribution < 1.29 is 14.7 Å². The molecule has 102 valence electrons. The smallest absolute Gasteiger partial charge is 0.352 e. The second-order valence-electron chi connectivity index (χ2n) is 4.76. The molecular formula is C15H19NO3. The van der Waals surface area contributed by atoms with Crippen molar-refractivity contribution in [1.82, 2.24) is 5.32 Å². The van der Waals surface area contributed by atoms with Crippen molar-refractivity contribution in [1.29, 1.82) is 0 Å². The van der Waals surface area contributed by atoms with Gasteiger partial charge in [0.15, 0.2) is 0 Å². The van der Waals surface area contributed by atoms with E-state index in [2.05, 4.69) is 19.2 Å². The van der Waals surface area contributed by atoms with Gasteiger partial charge in [-0.3, -0.25) is 4.79 Å². The Morgan fingerprint density at radius 2 is 1.84 bits per heavy atom. The fourth-order valence-corrected chi connectivity index (χ4v) is 1.71. The van der Waals surface area contributed by atoms with Crippen LogP contribution < -0.4 is 5.32 Å². The average molecular weight is 261 g/mol.